The highest BCUT2D eigenvalue weighted by molar-refractivity contribution is 5.10. The van der Waals surface area contributed by atoms with Gasteiger partial charge >= 0.3 is 0 Å². The smallest absolute Gasteiger partial charge is 0.0544 e. The summed E-state index contributed by atoms with van der Waals surface area (Å²) in [4.78, 5) is 0. The minimum absolute atomic E-state index is 0.166. The van der Waals surface area contributed by atoms with Crippen LogP contribution in [0.25, 0.3) is 0 Å². The molecule has 1 aromatic rings. The van der Waals surface area contributed by atoms with Crippen molar-refractivity contribution < 1.29 is 0 Å². The molecule has 0 radical (unpaired) electrons. The maximum atomic E-state index is 5.54. The van der Waals surface area contributed by atoms with Gasteiger partial charge in [0.1, 0.15) is 0 Å². The highest BCUT2D eigenvalue weighted by Crippen LogP contribution is 2.26. The van der Waals surface area contributed by atoms with Gasteiger partial charge in [0.2, 0.25) is 0 Å². The monoisotopic (exact) mass is 208 g/mol. The summed E-state index contributed by atoms with van der Waals surface area (Å²) in [5, 5.41) is 7.60. The molecule has 1 unspecified atom stereocenters. The third-order valence-corrected chi connectivity index (χ3v) is 2.39. The van der Waals surface area contributed by atoms with E-state index in [0.29, 0.717) is 5.41 Å². The molecule has 3 N–H and O–H groups in total. The highest BCUT2D eigenvalue weighted by atomic mass is 15.2. The molecule has 0 bridgehead atoms. The lowest BCUT2D eigenvalue weighted by Crippen LogP contribution is -2.29. The van der Waals surface area contributed by atoms with E-state index < -0.39 is 0 Å². The molecule has 1 heterocycles. The molecule has 15 heavy (non-hydrogen) atoms. The summed E-state index contributed by atoms with van der Waals surface area (Å²) in [6, 6.07) is 2.11. The van der Waals surface area contributed by atoms with Crippen molar-refractivity contribution in [2.45, 2.75) is 39.7 Å². The van der Waals surface area contributed by atoms with Crippen LogP contribution in [-0.4, -0.2) is 10.2 Å². The minimum atomic E-state index is 0.166. The maximum Gasteiger partial charge on any atom is 0.0544 e. The van der Waals surface area contributed by atoms with Gasteiger partial charge in [0, 0.05) is 12.2 Å². The molecule has 84 valence electrons. The first kappa shape index (κ1) is 12.1. The van der Waals surface area contributed by atoms with Gasteiger partial charge in [-0.1, -0.05) is 20.8 Å². The van der Waals surface area contributed by atoms with Crippen LogP contribution in [0.3, 0.4) is 0 Å². The minimum Gasteiger partial charge on any atom is -0.271 e. The lowest BCUT2D eigenvalue weighted by Gasteiger charge is -2.22. The van der Waals surface area contributed by atoms with Crippen LogP contribution in [0.1, 0.15) is 45.2 Å². The topological polar surface area (TPSA) is 63.8 Å². The molecular formula is C11H20N4. The maximum absolute atomic E-state index is 5.54. The van der Waals surface area contributed by atoms with Crippen molar-refractivity contribution >= 4 is 0 Å². The van der Waals surface area contributed by atoms with Crippen LogP contribution < -0.4 is 11.3 Å². The second-order valence-corrected chi connectivity index (χ2v) is 4.99. The first-order valence-electron chi connectivity index (χ1n) is 5.25. The third kappa shape index (κ3) is 4.36. The van der Waals surface area contributed by atoms with E-state index in [4.69, 9.17) is 5.84 Å². The van der Waals surface area contributed by atoms with E-state index in [1.807, 2.05) is 6.07 Å². The Balaban J connectivity index is 2.58. The molecular weight excluding hydrogens is 188 g/mol. The van der Waals surface area contributed by atoms with Crippen LogP contribution in [-0.2, 0) is 0 Å². The Bertz CT molecular complexity index is 278. The van der Waals surface area contributed by atoms with E-state index in [9.17, 15) is 0 Å². The zero-order chi connectivity index (χ0) is 11.3. The molecule has 0 aliphatic rings. The molecule has 4 heteroatoms. The highest BCUT2D eigenvalue weighted by Gasteiger charge is 2.15. The Morgan fingerprint density at radius 1 is 1.40 bits per heavy atom. The van der Waals surface area contributed by atoms with Crippen LogP contribution in [0, 0.1) is 5.41 Å². The number of hydrazine groups is 1. The van der Waals surface area contributed by atoms with Gasteiger partial charge in [-0.25, -0.2) is 0 Å². The lowest BCUT2D eigenvalue weighted by atomic mass is 9.87. The number of nitrogens with one attached hydrogen (secondary N) is 1. The predicted octanol–water partition coefficient (Wildman–Crippen LogP) is 1.81. The number of rotatable bonds is 4. The summed E-state index contributed by atoms with van der Waals surface area (Å²) in [5.41, 5.74) is 4.25. The van der Waals surface area contributed by atoms with Crippen LogP contribution in [0.4, 0.5) is 0 Å². The van der Waals surface area contributed by atoms with Crippen LogP contribution in [0.15, 0.2) is 18.5 Å². The van der Waals surface area contributed by atoms with Crippen molar-refractivity contribution in [3.05, 3.63) is 24.0 Å². The molecule has 0 spiro atoms. The molecule has 0 aromatic carbocycles. The second-order valence-electron chi connectivity index (χ2n) is 4.99. The average Bonchev–Trinajstić information content (AvgIpc) is 2.19. The summed E-state index contributed by atoms with van der Waals surface area (Å²) in [6.45, 7) is 6.68. The first-order valence-corrected chi connectivity index (χ1v) is 5.25. The van der Waals surface area contributed by atoms with Crippen molar-refractivity contribution in [3.63, 3.8) is 0 Å². The second kappa shape index (κ2) is 5.19. The van der Waals surface area contributed by atoms with Crippen LogP contribution in [0.2, 0.25) is 0 Å². The normalized spacial score (nSPS) is 13.9. The molecule has 0 saturated carbocycles. The van der Waals surface area contributed by atoms with Crippen molar-refractivity contribution in [2.75, 3.05) is 0 Å². The molecule has 4 nitrogen and oxygen atoms in total. The van der Waals surface area contributed by atoms with Gasteiger partial charge in [-0.3, -0.25) is 11.3 Å². The number of nitrogens with zero attached hydrogens (tertiary/aromatic N) is 2. The Morgan fingerprint density at radius 3 is 2.60 bits per heavy atom. The van der Waals surface area contributed by atoms with Gasteiger partial charge < -0.3 is 0 Å². The summed E-state index contributed by atoms with van der Waals surface area (Å²) in [6.07, 6.45) is 5.57. The Hall–Kier alpha value is -1.00. The largest absolute Gasteiger partial charge is 0.271 e. The molecule has 0 aliphatic carbocycles. The van der Waals surface area contributed by atoms with E-state index >= 15 is 0 Å². The third-order valence-electron chi connectivity index (χ3n) is 2.39. The first-order chi connectivity index (χ1) is 7.03. The summed E-state index contributed by atoms with van der Waals surface area (Å²) < 4.78 is 0. The van der Waals surface area contributed by atoms with Gasteiger partial charge in [-0.15, -0.1) is 0 Å². The van der Waals surface area contributed by atoms with Gasteiger partial charge in [0.25, 0.3) is 0 Å². The van der Waals surface area contributed by atoms with Crippen molar-refractivity contribution in [3.8, 4) is 0 Å². The van der Waals surface area contributed by atoms with Gasteiger partial charge in [-0.2, -0.15) is 10.2 Å². The summed E-state index contributed by atoms with van der Waals surface area (Å²) in [5.74, 6) is 5.54. The van der Waals surface area contributed by atoms with E-state index in [1.54, 1.807) is 12.4 Å². The fraction of sp³-hybridized carbons (Fsp3) is 0.636. The Kier molecular flexibility index (Phi) is 4.17. The molecule has 0 fully saturated rings. The van der Waals surface area contributed by atoms with E-state index in [2.05, 4.69) is 36.4 Å². The van der Waals surface area contributed by atoms with Crippen LogP contribution in [0.5, 0.6) is 0 Å². The lowest BCUT2D eigenvalue weighted by molar-refractivity contribution is 0.333. The number of nitrogens with two attached hydrogens (primary N) is 1. The van der Waals surface area contributed by atoms with Gasteiger partial charge in [0.15, 0.2) is 0 Å². The summed E-state index contributed by atoms with van der Waals surface area (Å²) >= 11 is 0. The molecule has 0 aliphatic heterocycles. The molecule has 1 rings (SSSR count). The van der Waals surface area contributed by atoms with E-state index in [-0.39, 0.29) is 6.04 Å². The van der Waals surface area contributed by atoms with Gasteiger partial charge in [0.05, 0.1) is 6.20 Å². The predicted molar refractivity (Wildman–Crippen MR) is 60.8 cm³/mol. The van der Waals surface area contributed by atoms with Crippen molar-refractivity contribution in [2.24, 2.45) is 11.3 Å². The van der Waals surface area contributed by atoms with Crippen LogP contribution >= 0.6 is 0 Å². The van der Waals surface area contributed by atoms with Crippen molar-refractivity contribution in [1.82, 2.24) is 15.6 Å². The molecule has 0 amide bonds. The molecule has 0 saturated heterocycles. The number of hydrogen-bond donors (Lipinski definition) is 2. The van der Waals surface area contributed by atoms with E-state index in [0.717, 1.165) is 18.4 Å². The van der Waals surface area contributed by atoms with Gasteiger partial charge in [-0.05, 0) is 29.9 Å². The molecule has 1 aromatic heterocycles. The number of aromatic nitrogens is 2. The zero-order valence-corrected chi connectivity index (χ0v) is 9.70. The number of hydrogen-bond acceptors (Lipinski definition) is 4. The fourth-order valence-corrected chi connectivity index (χ4v) is 1.43. The zero-order valence-electron chi connectivity index (χ0n) is 9.70. The Labute approximate surface area is 91.3 Å². The van der Waals surface area contributed by atoms with Crippen molar-refractivity contribution in [1.29, 1.82) is 0 Å². The van der Waals surface area contributed by atoms with E-state index in [1.165, 1.54) is 0 Å². The fourth-order valence-electron chi connectivity index (χ4n) is 1.43. The Morgan fingerprint density at radius 2 is 2.13 bits per heavy atom. The standard InChI is InChI=1S/C11H20N4/c1-11(2,3)6-4-10(15-12)9-5-7-13-14-8-9/h5,7-8,10,15H,4,6,12H2,1-3H3. The summed E-state index contributed by atoms with van der Waals surface area (Å²) in [7, 11) is 0. The molecule has 1 atom stereocenters. The SMILES string of the molecule is CC(C)(C)CCC(NN)c1ccnnc1. The average molecular weight is 208 g/mol. The quantitative estimate of drug-likeness (QED) is 0.585.